The van der Waals surface area contributed by atoms with E-state index in [1.807, 2.05) is 0 Å². The number of halogens is 2. The van der Waals surface area contributed by atoms with Gasteiger partial charge in [-0.15, -0.1) is 0 Å². The Balaban J connectivity index is 1.94. The minimum Gasteiger partial charge on any atom is -0.484 e. The third-order valence-corrected chi connectivity index (χ3v) is 3.81. The Bertz CT molecular complexity index is 704. The van der Waals surface area contributed by atoms with Crippen molar-refractivity contribution in [3.8, 4) is 5.75 Å². The summed E-state index contributed by atoms with van der Waals surface area (Å²) in [7, 11) is 0. The number of nitrogens with zero attached hydrogens (tertiary/aromatic N) is 1. The fourth-order valence-electron chi connectivity index (χ4n) is 1.58. The highest BCUT2D eigenvalue weighted by atomic mass is 79.9. The second kappa shape index (κ2) is 7.37. The summed E-state index contributed by atoms with van der Waals surface area (Å²) in [5.41, 5.74) is 0.381. The second-order valence-electron chi connectivity index (χ2n) is 4.21. The highest BCUT2D eigenvalue weighted by molar-refractivity contribution is 9.10. The van der Waals surface area contributed by atoms with E-state index >= 15 is 0 Å². The highest BCUT2D eigenvalue weighted by Gasteiger charge is 2.11. The van der Waals surface area contributed by atoms with Crippen molar-refractivity contribution < 1.29 is 14.5 Å². The van der Waals surface area contributed by atoms with Crippen LogP contribution in [0.4, 0.5) is 11.4 Å². The van der Waals surface area contributed by atoms with Crippen molar-refractivity contribution in [1.29, 1.82) is 0 Å². The van der Waals surface area contributed by atoms with Crippen LogP contribution in [0.3, 0.4) is 0 Å². The number of non-ortho nitro benzene ring substituents is 1. The molecular formula is C14H10Br2N2O4. The van der Waals surface area contributed by atoms with Gasteiger partial charge in [0.15, 0.2) is 6.61 Å². The predicted octanol–water partition coefficient (Wildman–Crippen LogP) is 4.14. The molecule has 0 aliphatic heterocycles. The van der Waals surface area contributed by atoms with Gasteiger partial charge in [0.2, 0.25) is 0 Å². The monoisotopic (exact) mass is 428 g/mol. The van der Waals surface area contributed by atoms with Gasteiger partial charge in [-0.3, -0.25) is 14.9 Å². The van der Waals surface area contributed by atoms with E-state index in [1.165, 1.54) is 18.2 Å². The molecule has 0 fully saturated rings. The number of anilines is 1. The summed E-state index contributed by atoms with van der Waals surface area (Å²) in [5.74, 6) is 0.207. The van der Waals surface area contributed by atoms with Crippen molar-refractivity contribution in [2.24, 2.45) is 0 Å². The number of benzene rings is 2. The quantitative estimate of drug-likeness (QED) is 0.572. The number of nitro groups is 1. The first-order valence-electron chi connectivity index (χ1n) is 6.08. The fourth-order valence-corrected chi connectivity index (χ4v) is 2.32. The lowest BCUT2D eigenvalue weighted by Gasteiger charge is -2.09. The molecule has 6 nitrogen and oxygen atoms in total. The summed E-state index contributed by atoms with van der Waals surface area (Å²) >= 11 is 6.49. The highest BCUT2D eigenvalue weighted by Crippen LogP contribution is 2.27. The van der Waals surface area contributed by atoms with Crippen molar-refractivity contribution in [2.75, 3.05) is 11.9 Å². The van der Waals surface area contributed by atoms with E-state index in [2.05, 4.69) is 37.2 Å². The van der Waals surface area contributed by atoms with Crippen LogP contribution in [0.25, 0.3) is 0 Å². The molecule has 0 atom stereocenters. The van der Waals surface area contributed by atoms with Crippen LogP contribution in [0.15, 0.2) is 51.4 Å². The largest absolute Gasteiger partial charge is 0.484 e. The van der Waals surface area contributed by atoms with Crippen LogP contribution in [-0.2, 0) is 4.79 Å². The Morgan fingerprint density at radius 2 is 1.86 bits per heavy atom. The zero-order valence-electron chi connectivity index (χ0n) is 11.1. The predicted molar refractivity (Wildman–Crippen MR) is 89.1 cm³/mol. The first kappa shape index (κ1) is 16.4. The SMILES string of the molecule is O=C(COc1ccc(Br)cc1)Nc1ccc([N+](=O)[O-])cc1Br. The summed E-state index contributed by atoms with van der Waals surface area (Å²) < 4.78 is 6.69. The lowest BCUT2D eigenvalue weighted by atomic mass is 10.3. The second-order valence-corrected chi connectivity index (χ2v) is 5.98. The maximum Gasteiger partial charge on any atom is 0.270 e. The van der Waals surface area contributed by atoms with Crippen molar-refractivity contribution >= 4 is 49.1 Å². The van der Waals surface area contributed by atoms with Gasteiger partial charge >= 0.3 is 0 Å². The molecule has 1 amide bonds. The molecule has 0 spiro atoms. The van der Waals surface area contributed by atoms with E-state index in [-0.39, 0.29) is 18.2 Å². The smallest absolute Gasteiger partial charge is 0.270 e. The minimum atomic E-state index is -0.507. The first-order chi connectivity index (χ1) is 10.5. The summed E-state index contributed by atoms with van der Waals surface area (Å²) in [6.07, 6.45) is 0. The summed E-state index contributed by atoms with van der Waals surface area (Å²) in [5, 5.41) is 13.3. The maximum atomic E-state index is 11.8. The van der Waals surface area contributed by atoms with Crippen LogP contribution in [0, 0.1) is 10.1 Å². The number of hydrogen-bond acceptors (Lipinski definition) is 4. The molecule has 8 heteroatoms. The van der Waals surface area contributed by atoms with Crippen molar-refractivity contribution in [1.82, 2.24) is 0 Å². The van der Waals surface area contributed by atoms with Gasteiger partial charge in [0.05, 0.1) is 10.6 Å². The lowest BCUT2D eigenvalue weighted by molar-refractivity contribution is -0.384. The summed E-state index contributed by atoms with van der Waals surface area (Å²) in [6.45, 7) is -0.162. The molecule has 0 saturated heterocycles. The van der Waals surface area contributed by atoms with Crippen LogP contribution < -0.4 is 10.1 Å². The van der Waals surface area contributed by atoms with Crippen molar-refractivity contribution in [3.05, 3.63) is 61.5 Å². The van der Waals surface area contributed by atoms with E-state index in [1.54, 1.807) is 24.3 Å². The third kappa shape index (κ3) is 4.54. The molecule has 0 aliphatic carbocycles. The molecular weight excluding hydrogens is 420 g/mol. The van der Waals surface area contributed by atoms with E-state index < -0.39 is 4.92 Å². The molecule has 0 unspecified atom stereocenters. The molecule has 0 saturated carbocycles. The fraction of sp³-hybridized carbons (Fsp3) is 0.0714. The standard InChI is InChI=1S/C14H10Br2N2O4/c15-9-1-4-11(5-2-9)22-8-14(19)17-13-6-3-10(18(20)21)7-12(13)16/h1-7H,8H2,(H,17,19). The molecule has 114 valence electrons. The third-order valence-electron chi connectivity index (χ3n) is 2.62. The van der Waals surface area contributed by atoms with Gasteiger partial charge in [-0.2, -0.15) is 0 Å². The lowest BCUT2D eigenvalue weighted by Crippen LogP contribution is -2.20. The number of ether oxygens (including phenoxy) is 1. The van der Waals surface area contributed by atoms with Crippen molar-refractivity contribution in [3.63, 3.8) is 0 Å². The Labute approximate surface area is 142 Å². The van der Waals surface area contributed by atoms with E-state index in [9.17, 15) is 14.9 Å². The Kier molecular flexibility index (Phi) is 5.51. The zero-order valence-corrected chi connectivity index (χ0v) is 14.3. The number of carbonyl (C=O) groups excluding carboxylic acids is 1. The molecule has 2 rings (SSSR count). The summed E-state index contributed by atoms with van der Waals surface area (Å²) in [6, 6.07) is 11.2. The number of rotatable bonds is 5. The average molecular weight is 430 g/mol. The molecule has 2 aromatic rings. The average Bonchev–Trinajstić information content (AvgIpc) is 2.48. The van der Waals surface area contributed by atoms with Crippen LogP contribution in [0.2, 0.25) is 0 Å². The number of amides is 1. The summed E-state index contributed by atoms with van der Waals surface area (Å²) in [4.78, 5) is 22.0. The van der Waals surface area contributed by atoms with Gasteiger partial charge in [0.25, 0.3) is 11.6 Å². The van der Waals surface area contributed by atoms with E-state index in [4.69, 9.17) is 4.74 Å². The molecule has 1 N–H and O–H groups in total. The van der Waals surface area contributed by atoms with E-state index in [0.717, 1.165) is 4.47 Å². The number of nitrogens with one attached hydrogen (secondary N) is 1. The van der Waals surface area contributed by atoms with Gasteiger partial charge in [-0.25, -0.2) is 0 Å². The Morgan fingerprint density at radius 3 is 2.45 bits per heavy atom. The normalized spacial score (nSPS) is 10.1. The van der Waals surface area contributed by atoms with Gasteiger partial charge < -0.3 is 10.1 Å². The minimum absolute atomic E-state index is 0.0593. The van der Waals surface area contributed by atoms with E-state index in [0.29, 0.717) is 15.9 Å². The Morgan fingerprint density at radius 1 is 1.18 bits per heavy atom. The van der Waals surface area contributed by atoms with Gasteiger partial charge in [-0.05, 0) is 46.3 Å². The molecule has 0 radical (unpaired) electrons. The van der Waals surface area contributed by atoms with Crippen molar-refractivity contribution in [2.45, 2.75) is 0 Å². The molecule has 0 heterocycles. The zero-order chi connectivity index (χ0) is 16.1. The van der Waals surface area contributed by atoms with Gasteiger partial charge in [0.1, 0.15) is 5.75 Å². The molecule has 2 aromatic carbocycles. The molecule has 0 aliphatic rings. The van der Waals surface area contributed by atoms with Crippen LogP contribution in [-0.4, -0.2) is 17.4 Å². The Hall–Kier alpha value is -1.93. The molecule has 0 bridgehead atoms. The number of hydrogen-bond donors (Lipinski definition) is 1. The first-order valence-corrected chi connectivity index (χ1v) is 7.66. The number of carbonyl (C=O) groups is 1. The van der Waals surface area contributed by atoms with Gasteiger partial charge in [-0.1, -0.05) is 15.9 Å². The van der Waals surface area contributed by atoms with Gasteiger partial charge in [0, 0.05) is 21.1 Å². The van der Waals surface area contributed by atoms with Crippen LogP contribution >= 0.6 is 31.9 Å². The topological polar surface area (TPSA) is 81.5 Å². The maximum absolute atomic E-state index is 11.8. The van der Waals surface area contributed by atoms with Crippen LogP contribution in [0.1, 0.15) is 0 Å². The van der Waals surface area contributed by atoms with Crippen LogP contribution in [0.5, 0.6) is 5.75 Å². The molecule has 0 aromatic heterocycles. The number of nitro benzene ring substituents is 1. The molecule has 22 heavy (non-hydrogen) atoms.